The van der Waals surface area contributed by atoms with Gasteiger partial charge in [-0.15, -0.1) is 0 Å². The fourth-order valence-corrected chi connectivity index (χ4v) is 2.92. The van der Waals surface area contributed by atoms with E-state index in [4.69, 9.17) is 0 Å². The summed E-state index contributed by atoms with van der Waals surface area (Å²) < 4.78 is 0. The molecule has 124 valence electrons. The molecule has 0 spiro atoms. The fraction of sp³-hybridized carbons (Fsp3) is 0.625. The van der Waals surface area contributed by atoms with E-state index >= 15 is 0 Å². The third-order valence-electron chi connectivity index (χ3n) is 4.45. The Morgan fingerprint density at radius 2 is 1.91 bits per heavy atom. The minimum atomic E-state index is -0.852. The average Bonchev–Trinajstić information content (AvgIpc) is 3.35. The molecule has 2 heterocycles. The summed E-state index contributed by atoms with van der Waals surface area (Å²) in [6, 6.07) is 1.75. The van der Waals surface area contributed by atoms with Crippen molar-refractivity contribution >= 4 is 11.9 Å². The van der Waals surface area contributed by atoms with Crippen LogP contribution in [0.3, 0.4) is 0 Å². The summed E-state index contributed by atoms with van der Waals surface area (Å²) in [6.07, 6.45) is 6.17. The number of aromatic nitrogens is 2. The molecule has 1 atom stereocenters. The molecule has 23 heavy (non-hydrogen) atoms. The highest BCUT2D eigenvalue weighted by atomic mass is 16.4. The highest BCUT2D eigenvalue weighted by molar-refractivity contribution is 5.78. The lowest BCUT2D eigenvalue weighted by atomic mass is 10.1. The number of nitrogens with zero attached hydrogens (tertiary/aromatic N) is 4. The van der Waals surface area contributed by atoms with Gasteiger partial charge in [-0.1, -0.05) is 0 Å². The number of carbonyl (C=O) groups is 2. The van der Waals surface area contributed by atoms with Crippen molar-refractivity contribution in [3.8, 4) is 0 Å². The van der Waals surface area contributed by atoms with Crippen LogP contribution in [0.5, 0.6) is 0 Å². The third-order valence-corrected chi connectivity index (χ3v) is 4.45. The number of carboxylic acids is 1. The van der Waals surface area contributed by atoms with Crippen LogP contribution in [0.2, 0.25) is 0 Å². The van der Waals surface area contributed by atoms with Gasteiger partial charge >= 0.3 is 5.97 Å². The number of carbonyl (C=O) groups excluding carboxylic acids is 1. The quantitative estimate of drug-likeness (QED) is 0.856. The number of aliphatic carboxylic acids is 1. The van der Waals surface area contributed by atoms with Gasteiger partial charge in [0.25, 0.3) is 0 Å². The van der Waals surface area contributed by atoms with Gasteiger partial charge in [0.1, 0.15) is 5.82 Å². The molecule has 2 aliphatic rings. The van der Waals surface area contributed by atoms with E-state index in [9.17, 15) is 14.7 Å². The fourth-order valence-electron chi connectivity index (χ4n) is 2.92. The van der Waals surface area contributed by atoms with E-state index in [0.717, 1.165) is 12.8 Å². The summed E-state index contributed by atoms with van der Waals surface area (Å²) in [5.74, 6) is -0.131. The summed E-state index contributed by atoms with van der Waals surface area (Å²) in [5.41, 5.74) is 0. The molecule has 1 amide bonds. The highest BCUT2D eigenvalue weighted by Gasteiger charge is 2.32. The molecule has 1 saturated carbocycles. The summed E-state index contributed by atoms with van der Waals surface area (Å²) in [7, 11) is 0. The van der Waals surface area contributed by atoms with Gasteiger partial charge in [-0.2, -0.15) is 0 Å². The molecule has 2 fully saturated rings. The van der Waals surface area contributed by atoms with Crippen molar-refractivity contribution in [1.82, 2.24) is 19.8 Å². The van der Waals surface area contributed by atoms with E-state index in [1.165, 1.54) is 0 Å². The Bertz CT molecular complexity index is 562. The van der Waals surface area contributed by atoms with Crippen molar-refractivity contribution in [2.45, 2.75) is 25.8 Å². The van der Waals surface area contributed by atoms with Gasteiger partial charge in [0.15, 0.2) is 0 Å². The Kier molecular flexibility index (Phi) is 4.85. The largest absolute Gasteiger partial charge is 0.481 e. The van der Waals surface area contributed by atoms with Gasteiger partial charge in [-0.05, 0) is 24.8 Å². The van der Waals surface area contributed by atoms with E-state index in [-0.39, 0.29) is 5.91 Å². The van der Waals surface area contributed by atoms with Crippen molar-refractivity contribution < 1.29 is 14.7 Å². The molecule has 1 aromatic rings. The predicted octanol–water partition coefficient (Wildman–Crippen LogP) is 0.622. The molecule has 1 aromatic heterocycles. The topological polar surface area (TPSA) is 86.6 Å². The third kappa shape index (κ3) is 4.48. The number of hydrogen-bond donors (Lipinski definition) is 1. The summed E-state index contributed by atoms with van der Waals surface area (Å²) in [6.45, 7) is 2.45. The standard InChI is InChI=1S/C16H22N4O3/c21-15(8-12-2-3-12)20-7-6-19(9-13(10-20)16(22)23)11-14-17-4-1-5-18-14/h1,4-5,12-13H,2-3,6-11H2,(H,22,23). The second-order valence-corrected chi connectivity index (χ2v) is 6.42. The molecule has 0 radical (unpaired) electrons. The van der Waals surface area contributed by atoms with Gasteiger partial charge < -0.3 is 10.0 Å². The zero-order valence-electron chi connectivity index (χ0n) is 13.1. The van der Waals surface area contributed by atoms with Crippen LogP contribution >= 0.6 is 0 Å². The minimum absolute atomic E-state index is 0.0940. The van der Waals surface area contributed by atoms with Crippen molar-refractivity contribution in [2.75, 3.05) is 26.2 Å². The molecule has 1 N–H and O–H groups in total. The molecule has 0 bridgehead atoms. The monoisotopic (exact) mass is 318 g/mol. The maximum absolute atomic E-state index is 12.3. The number of hydrogen-bond acceptors (Lipinski definition) is 5. The highest BCUT2D eigenvalue weighted by Crippen LogP contribution is 2.33. The smallest absolute Gasteiger partial charge is 0.309 e. The Morgan fingerprint density at radius 1 is 1.17 bits per heavy atom. The van der Waals surface area contributed by atoms with Crippen molar-refractivity contribution in [1.29, 1.82) is 0 Å². The van der Waals surface area contributed by atoms with E-state index in [2.05, 4.69) is 9.97 Å². The van der Waals surface area contributed by atoms with Crippen LogP contribution in [-0.2, 0) is 16.1 Å². The Hall–Kier alpha value is -2.02. The summed E-state index contributed by atoms with van der Waals surface area (Å²) in [5, 5.41) is 9.45. The van der Waals surface area contributed by atoms with E-state index in [1.54, 1.807) is 23.4 Å². The molecule has 3 rings (SSSR count). The maximum Gasteiger partial charge on any atom is 0.309 e. The molecule has 0 aromatic carbocycles. The number of amides is 1. The zero-order chi connectivity index (χ0) is 16.2. The van der Waals surface area contributed by atoms with Gasteiger partial charge in [0, 0.05) is 45.0 Å². The second kappa shape index (κ2) is 7.04. The lowest BCUT2D eigenvalue weighted by Gasteiger charge is -2.22. The molecule has 7 heteroatoms. The molecule has 1 aliphatic carbocycles. The molecular formula is C16H22N4O3. The van der Waals surface area contributed by atoms with Gasteiger partial charge in [0.2, 0.25) is 5.91 Å². The van der Waals surface area contributed by atoms with Gasteiger partial charge in [-0.3, -0.25) is 14.5 Å². The van der Waals surface area contributed by atoms with Gasteiger partial charge in [-0.25, -0.2) is 9.97 Å². The lowest BCUT2D eigenvalue weighted by molar-refractivity contribution is -0.143. The van der Waals surface area contributed by atoms with Gasteiger partial charge in [0.05, 0.1) is 12.5 Å². The van der Waals surface area contributed by atoms with Crippen LogP contribution in [0.15, 0.2) is 18.5 Å². The summed E-state index contributed by atoms with van der Waals surface area (Å²) >= 11 is 0. The first-order valence-corrected chi connectivity index (χ1v) is 8.10. The molecule has 7 nitrogen and oxygen atoms in total. The lowest BCUT2D eigenvalue weighted by Crippen LogP contribution is -2.38. The average molecular weight is 318 g/mol. The van der Waals surface area contributed by atoms with Crippen molar-refractivity contribution in [2.24, 2.45) is 11.8 Å². The molecule has 1 unspecified atom stereocenters. The predicted molar refractivity (Wildman–Crippen MR) is 82.4 cm³/mol. The minimum Gasteiger partial charge on any atom is -0.481 e. The first-order chi connectivity index (χ1) is 11.1. The first kappa shape index (κ1) is 15.9. The van der Waals surface area contributed by atoms with Crippen LogP contribution in [0.4, 0.5) is 0 Å². The Labute approximate surface area is 135 Å². The molecular weight excluding hydrogens is 296 g/mol. The zero-order valence-corrected chi connectivity index (χ0v) is 13.1. The first-order valence-electron chi connectivity index (χ1n) is 8.10. The second-order valence-electron chi connectivity index (χ2n) is 6.42. The number of carboxylic acid groups (broad SMARTS) is 1. The molecule has 1 aliphatic heterocycles. The SMILES string of the molecule is O=C(O)C1CN(Cc2ncccn2)CCN(C(=O)CC2CC2)C1. The van der Waals surface area contributed by atoms with Crippen molar-refractivity contribution in [3.05, 3.63) is 24.3 Å². The molecule has 1 saturated heterocycles. The van der Waals surface area contributed by atoms with E-state index < -0.39 is 11.9 Å². The van der Waals surface area contributed by atoms with Crippen LogP contribution < -0.4 is 0 Å². The van der Waals surface area contributed by atoms with E-state index in [0.29, 0.717) is 50.9 Å². The normalized spacial score (nSPS) is 22.6. The Balaban J connectivity index is 1.64. The Morgan fingerprint density at radius 3 is 2.57 bits per heavy atom. The van der Waals surface area contributed by atoms with Crippen molar-refractivity contribution in [3.63, 3.8) is 0 Å². The maximum atomic E-state index is 12.3. The van der Waals surface area contributed by atoms with E-state index in [1.807, 2.05) is 4.90 Å². The van der Waals surface area contributed by atoms with Crippen LogP contribution in [0.1, 0.15) is 25.1 Å². The van der Waals surface area contributed by atoms with Crippen LogP contribution in [0.25, 0.3) is 0 Å². The summed E-state index contributed by atoms with van der Waals surface area (Å²) in [4.78, 5) is 36.0. The number of rotatable bonds is 5. The van der Waals surface area contributed by atoms with Crippen LogP contribution in [-0.4, -0.2) is 62.9 Å². The van der Waals surface area contributed by atoms with Crippen LogP contribution in [0, 0.1) is 11.8 Å².